The van der Waals surface area contributed by atoms with Gasteiger partial charge in [-0.1, -0.05) is 36.4 Å². The van der Waals surface area contributed by atoms with Crippen LogP contribution in [0.4, 0.5) is 0 Å². The molecule has 1 aliphatic rings. The Hall–Kier alpha value is -2.66. The number of nitrogens with one attached hydrogen (secondary N) is 1. The van der Waals surface area contributed by atoms with Crippen LogP contribution in [-0.4, -0.2) is 36.3 Å². The summed E-state index contributed by atoms with van der Waals surface area (Å²) in [5, 5.41) is 3.01. The van der Waals surface area contributed by atoms with Crippen LogP contribution < -0.4 is 11.1 Å². The lowest BCUT2D eigenvalue weighted by Gasteiger charge is -2.28. The molecule has 2 aromatic rings. The summed E-state index contributed by atoms with van der Waals surface area (Å²) in [6.07, 6.45) is 2.38. The van der Waals surface area contributed by atoms with E-state index in [2.05, 4.69) is 22.3 Å². The van der Waals surface area contributed by atoms with Gasteiger partial charge < -0.3 is 11.1 Å². The highest BCUT2D eigenvalue weighted by Crippen LogP contribution is 2.24. The summed E-state index contributed by atoms with van der Waals surface area (Å²) >= 11 is 0. The lowest BCUT2D eigenvalue weighted by Crippen LogP contribution is -2.36. The Balaban J connectivity index is 1.71. The van der Waals surface area contributed by atoms with E-state index in [0.717, 1.165) is 13.1 Å². The fourth-order valence-corrected chi connectivity index (χ4v) is 3.29. The van der Waals surface area contributed by atoms with E-state index in [9.17, 15) is 9.59 Å². The van der Waals surface area contributed by atoms with Gasteiger partial charge in [0, 0.05) is 17.7 Å². The second-order valence-electron chi connectivity index (χ2n) is 6.32. The maximum absolute atomic E-state index is 12.5. The molecule has 1 atom stereocenters. The quantitative estimate of drug-likeness (QED) is 0.849. The van der Waals surface area contributed by atoms with Gasteiger partial charge in [0.05, 0.1) is 6.04 Å². The zero-order chi connectivity index (χ0) is 17.6. The molecule has 2 aromatic carbocycles. The zero-order valence-corrected chi connectivity index (χ0v) is 14.2. The molecule has 5 heteroatoms. The maximum Gasteiger partial charge on any atom is 0.251 e. The smallest absolute Gasteiger partial charge is 0.251 e. The standard InChI is InChI=1S/C20H23N3O2/c21-19(24)16-9-6-10-17(13-16)20(25)22-14-18(23-11-4-5-12-23)15-7-2-1-3-8-15/h1-3,6-10,13,18H,4-5,11-12,14H2,(H2,21,24)(H,22,25)/t18-/m1/s1. The van der Waals surface area contributed by atoms with Crippen LogP contribution in [0.15, 0.2) is 54.6 Å². The summed E-state index contributed by atoms with van der Waals surface area (Å²) in [6, 6.07) is 16.9. The highest BCUT2D eigenvalue weighted by molar-refractivity contribution is 5.99. The van der Waals surface area contributed by atoms with Crippen molar-refractivity contribution in [2.24, 2.45) is 5.73 Å². The second-order valence-corrected chi connectivity index (χ2v) is 6.32. The minimum absolute atomic E-state index is 0.159. The van der Waals surface area contributed by atoms with Gasteiger partial charge >= 0.3 is 0 Å². The fraction of sp³-hybridized carbons (Fsp3) is 0.300. The summed E-state index contributed by atoms with van der Waals surface area (Å²) < 4.78 is 0. The Labute approximate surface area is 147 Å². The lowest BCUT2D eigenvalue weighted by atomic mass is 10.0. The molecule has 130 valence electrons. The molecular weight excluding hydrogens is 314 g/mol. The molecule has 5 nitrogen and oxygen atoms in total. The van der Waals surface area contributed by atoms with E-state index in [0.29, 0.717) is 17.7 Å². The van der Waals surface area contributed by atoms with Gasteiger partial charge in [-0.3, -0.25) is 14.5 Å². The number of likely N-dealkylation sites (tertiary alicyclic amines) is 1. The monoisotopic (exact) mass is 337 g/mol. The second kappa shape index (κ2) is 7.94. The molecule has 0 saturated carbocycles. The Bertz CT molecular complexity index is 740. The van der Waals surface area contributed by atoms with E-state index in [-0.39, 0.29) is 11.9 Å². The Morgan fingerprint density at radius 1 is 1.00 bits per heavy atom. The molecule has 1 heterocycles. The molecule has 2 amide bonds. The van der Waals surface area contributed by atoms with Crippen molar-refractivity contribution in [3.8, 4) is 0 Å². The van der Waals surface area contributed by atoms with Crippen LogP contribution in [0.25, 0.3) is 0 Å². The molecule has 3 N–H and O–H groups in total. The highest BCUT2D eigenvalue weighted by atomic mass is 16.2. The van der Waals surface area contributed by atoms with E-state index in [1.54, 1.807) is 18.2 Å². The molecule has 1 fully saturated rings. The highest BCUT2D eigenvalue weighted by Gasteiger charge is 2.24. The first-order valence-corrected chi connectivity index (χ1v) is 8.62. The Kier molecular flexibility index (Phi) is 5.46. The zero-order valence-electron chi connectivity index (χ0n) is 14.2. The maximum atomic E-state index is 12.5. The summed E-state index contributed by atoms with van der Waals surface area (Å²) in [5.41, 5.74) is 7.28. The molecule has 0 aromatic heterocycles. The van der Waals surface area contributed by atoms with Crippen LogP contribution in [0.2, 0.25) is 0 Å². The van der Waals surface area contributed by atoms with Crippen molar-refractivity contribution < 1.29 is 9.59 Å². The average molecular weight is 337 g/mol. The van der Waals surface area contributed by atoms with Gasteiger partial charge in [-0.05, 0) is 49.7 Å². The lowest BCUT2D eigenvalue weighted by molar-refractivity contribution is 0.0938. The predicted molar refractivity (Wildman–Crippen MR) is 97.3 cm³/mol. The summed E-state index contributed by atoms with van der Waals surface area (Å²) in [5.74, 6) is -0.725. The first-order chi connectivity index (χ1) is 12.1. The molecule has 1 aliphatic heterocycles. The van der Waals surface area contributed by atoms with Crippen LogP contribution in [0, 0.1) is 0 Å². The van der Waals surface area contributed by atoms with Gasteiger partial charge in [0.25, 0.3) is 5.91 Å². The topological polar surface area (TPSA) is 75.4 Å². The summed E-state index contributed by atoms with van der Waals surface area (Å²) in [7, 11) is 0. The van der Waals surface area contributed by atoms with E-state index in [1.807, 2.05) is 18.2 Å². The van der Waals surface area contributed by atoms with Crippen molar-refractivity contribution >= 4 is 11.8 Å². The number of benzene rings is 2. The Morgan fingerprint density at radius 2 is 1.68 bits per heavy atom. The Morgan fingerprint density at radius 3 is 2.36 bits per heavy atom. The van der Waals surface area contributed by atoms with Crippen molar-refractivity contribution in [1.82, 2.24) is 10.2 Å². The summed E-state index contributed by atoms with van der Waals surface area (Å²) in [6.45, 7) is 2.63. The van der Waals surface area contributed by atoms with Crippen LogP contribution in [0.1, 0.15) is 45.2 Å². The third-order valence-corrected chi connectivity index (χ3v) is 4.63. The number of primary amides is 1. The van der Waals surface area contributed by atoms with Crippen LogP contribution in [0.5, 0.6) is 0 Å². The molecule has 3 rings (SSSR count). The number of rotatable bonds is 6. The number of hydrogen-bond acceptors (Lipinski definition) is 3. The van der Waals surface area contributed by atoms with Crippen molar-refractivity contribution in [2.75, 3.05) is 19.6 Å². The molecule has 25 heavy (non-hydrogen) atoms. The van der Waals surface area contributed by atoms with E-state index >= 15 is 0 Å². The molecule has 0 aliphatic carbocycles. The largest absolute Gasteiger partial charge is 0.366 e. The molecular formula is C20H23N3O2. The molecule has 0 bridgehead atoms. The van der Waals surface area contributed by atoms with Gasteiger partial charge in [0.1, 0.15) is 0 Å². The normalized spacial score (nSPS) is 15.7. The summed E-state index contributed by atoms with van der Waals surface area (Å²) in [4.78, 5) is 26.2. The molecule has 0 unspecified atom stereocenters. The predicted octanol–water partition coefficient (Wildman–Crippen LogP) is 2.35. The van der Waals surface area contributed by atoms with Gasteiger partial charge in [0.2, 0.25) is 5.91 Å². The first-order valence-electron chi connectivity index (χ1n) is 8.62. The van der Waals surface area contributed by atoms with Crippen LogP contribution >= 0.6 is 0 Å². The molecule has 0 radical (unpaired) electrons. The number of nitrogens with two attached hydrogens (primary N) is 1. The van der Waals surface area contributed by atoms with E-state index < -0.39 is 5.91 Å². The van der Waals surface area contributed by atoms with Gasteiger partial charge in [0.15, 0.2) is 0 Å². The third kappa shape index (κ3) is 4.25. The van der Waals surface area contributed by atoms with Gasteiger partial charge in [-0.25, -0.2) is 0 Å². The number of carbonyl (C=O) groups is 2. The first kappa shape index (κ1) is 17.2. The van der Waals surface area contributed by atoms with Gasteiger partial charge in [-0.2, -0.15) is 0 Å². The molecule has 1 saturated heterocycles. The van der Waals surface area contributed by atoms with Crippen LogP contribution in [-0.2, 0) is 0 Å². The van der Waals surface area contributed by atoms with Crippen LogP contribution in [0.3, 0.4) is 0 Å². The number of nitrogens with zero attached hydrogens (tertiary/aromatic N) is 1. The van der Waals surface area contributed by atoms with Crippen molar-refractivity contribution in [1.29, 1.82) is 0 Å². The van der Waals surface area contributed by atoms with Crippen molar-refractivity contribution in [3.05, 3.63) is 71.3 Å². The van der Waals surface area contributed by atoms with Crippen molar-refractivity contribution in [2.45, 2.75) is 18.9 Å². The number of carbonyl (C=O) groups excluding carboxylic acids is 2. The van der Waals surface area contributed by atoms with E-state index in [1.165, 1.54) is 24.5 Å². The minimum atomic E-state index is -0.533. The SMILES string of the molecule is NC(=O)c1cccc(C(=O)NC[C@H](c2ccccc2)N2CCCC2)c1. The van der Waals surface area contributed by atoms with E-state index in [4.69, 9.17) is 5.73 Å². The third-order valence-electron chi connectivity index (χ3n) is 4.63. The number of hydrogen-bond donors (Lipinski definition) is 2. The fourth-order valence-electron chi connectivity index (χ4n) is 3.29. The van der Waals surface area contributed by atoms with Gasteiger partial charge in [-0.15, -0.1) is 0 Å². The average Bonchev–Trinajstić information content (AvgIpc) is 3.17. The van der Waals surface area contributed by atoms with Crippen molar-refractivity contribution in [3.63, 3.8) is 0 Å². The number of amides is 2. The molecule has 0 spiro atoms. The minimum Gasteiger partial charge on any atom is -0.366 e.